The van der Waals surface area contributed by atoms with Crippen molar-refractivity contribution in [1.29, 1.82) is 0 Å². The van der Waals surface area contributed by atoms with Crippen molar-refractivity contribution >= 4 is 0 Å². The predicted octanol–water partition coefficient (Wildman–Crippen LogP) is -0.153. The van der Waals surface area contributed by atoms with Gasteiger partial charge in [-0.2, -0.15) is 5.10 Å². The van der Waals surface area contributed by atoms with Gasteiger partial charge in [-0.15, -0.1) is 0 Å². The molecule has 1 N–H and O–H groups in total. The molecule has 19 heavy (non-hydrogen) atoms. The summed E-state index contributed by atoms with van der Waals surface area (Å²) in [7, 11) is 3.60. The Hall–Kier alpha value is -1.11. The number of rotatable bonds is 5. The van der Waals surface area contributed by atoms with Crippen LogP contribution >= 0.6 is 0 Å². The van der Waals surface area contributed by atoms with E-state index in [-0.39, 0.29) is 6.61 Å². The van der Waals surface area contributed by atoms with Gasteiger partial charge in [0, 0.05) is 46.3 Å². The molecule has 0 aromatic carbocycles. The molecule has 6 nitrogen and oxygen atoms in total. The van der Waals surface area contributed by atoms with Crippen molar-refractivity contribution in [2.75, 3.05) is 46.4 Å². The maximum Gasteiger partial charge on any atom is 0.216 e. The molecular weight excluding hydrogens is 244 g/mol. The van der Waals surface area contributed by atoms with Crippen LogP contribution < -0.4 is 4.74 Å². The lowest BCUT2D eigenvalue weighted by Crippen LogP contribution is -2.46. The number of aromatic nitrogens is 2. The van der Waals surface area contributed by atoms with Gasteiger partial charge in [0.25, 0.3) is 0 Å². The number of aryl methyl sites for hydroxylation is 2. The van der Waals surface area contributed by atoms with Crippen LogP contribution in [0.3, 0.4) is 0 Å². The summed E-state index contributed by atoms with van der Waals surface area (Å²) in [5.41, 5.74) is 2.22. The Morgan fingerprint density at radius 1 is 1.21 bits per heavy atom. The van der Waals surface area contributed by atoms with Gasteiger partial charge in [0.15, 0.2) is 0 Å². The van der Waals surface area contributed by atoms with E-state index in [0.29, 0.717) is 0 Å². The number of nitrogens with zero attached hydrogens (tertiary/aromatic N) is 4. The molecule has 1 aromatic heterocycles. The summed E-state index contributed by atoms with van der Waals surface area (Å²) in [4.78, 5) is 4.71. The van der Waals surface area contributed by atoms with Crippen molar-refractivity contribution in [2.45, 2.75) is 13.5 Å². The fraction of sp³-hybridized carbons (Fsp3) is 0.769. The van der Waals surface area contributed by atoms with Gasteiger partial charge in [-0.05, 0) is 6.92 Å². The molecule has 0 unspecified atom stereocenters. The van der Waals surface area contributed by atoms with Crippen LogP contribution in [-0.4, -0.2) is 71.1 Å². The van der Waals surface area contributed by atoms with Crippen LogP contribution in [-0.2, 0) is 13.6 Å². The summed E-state index contributed by atoms with van der Waals surface area (Å²) < 4.78 is 7.23. The van der Waals surface area contributed by atoms with Crippen LogP contribution in [0.5, 0.6) is 5.88 Å². The lowest BCUT2D eigenvalue weighted by atomic mass is 10.2. The predicted molar refractivity (Wildman–Crippen MR) is 73.3 cm³/mol. The van der Waals surface area contributed by atoms with Crippen molar-refractivity contribution in [3.8, 4) is 5.88 Å². The first kappa shape index (κ1) is 14.3. The minimum atomic E-state index is 0.246. The number of aliphatic hydroxyl groups excluding tert-OH is 1. The van der Waals surface area contributed by atoms with E-state index < -0.39 is 0 Å². The molecule has 0 amide bonds. The Kier molecular flexibility index (Phi) is 4.79. The second-order valence-electron chi connectivity index (χ2n) is 5.04. The van der Waals surface area contributed by atoms with Crippen LogP contribution in [0.15, 0.2) is 0 Å². The van der Waals surface area contributed by atoms with Gasteiger partial charge in [-0.3, -0.25) is 9.80 Å². The first-order valence-corrected chi connectivity index (χ1v) is 6.77. The van der Waals surface area contributed by atoms with E-state index in [0.717, 1.165) is 50.8 Å². The van der Waals surface area contributed by atoms with E-state index in [9.17, 15) is 0 Å². The highest BCUT2D eigenvalue weighted by Gasteiger charge is 2.21. The molecule has 2 rings (SSSR count). The number of ether oxygens (including phenoxy) is 1. The quantitative estimate of drug-likeness (QED) is 0.805. The summed E-state index contributed by atoms with van der Waals surface area (Å²) >= 11 is 0. The van der Waals surface area contributed by atoms with Crippen LogP contribution in [0, 0.1) is 6.92 Å². The number of aliphatic hydroxyl groups is 1. The van der Waals surface area contributed by atoms with Crippen molar-refractivity contribution < 1.29 is 9.84 Å². The van der Waals surface area contributed by atoms with Crippen molar-refractivity contribution in [3.63, 3.8) is 0 Å². The molecule has 0 spiro atoms. The van der Waals surface area contributed by atoms with E-state index in [1.807, 2.05) is 14.0 Å². The summed E-state index contributed by atoms with van der Waals surface area (Å²) in [6.45, 7) is 8.02. The first-order chi connectivity index (χ1) is 9.15. The zero-order valence-corrected chi connectivity index (χ0v) is 12.1. The third-order valence-corrected chi connectivity index (χ3v) is 3.75. The molecule has 108 valence electrons. The number of β-amino-alcohol motifs (C(OH)–C–C–N with tert-alkyl or cyclic N) is 1. The van der Waals surface area contributed by atoms with Gasteiger partial charge in [0.2, 0.25) is 5.88 Å². The Labute approximate surface area is 114 Å². The van der Waals surface area contributed by atoms with E-state index in [1.54, 1.807) is 11.8 Å². The molecule has 0 radical (unpaired) electrons. The molecule has 0 bridgehead atoms. The third-order valence-electron chi connectivity index (χ3n) is 3.75. The lowest BCUT2D eigenvalue weighted by molar-refractivity contribution is 0.108. The van der Waals surface area contributed by atoms with Gasteiger partial charge in [0.05, 0.1) is 25.0 Å². The third kappa shape index (κ3) is 3.26. The second-order valence-corrected chi connectivity index (χ2v) is 5.04. The van der Waals surface area contributed by atoms with Gasteiger partial charge >= 0.3 is 0 Å². The summed E-state index contributed by atoms with van der Waals surface area (Å²) in [5.74, 6) is 0.857. The van der Waals surface area contributed by atoms with Crippen molar-refractivity contribution in [1.82, 2.24) is 19.6 Å². The standard InChI is InChI=1S/C13H24N4O2/c1-11-12(13(19-3)15(2)14-11)10-17-6-4-16(5-7-17)8-9-18/h18H,4-10H2,1-3H3. The van der Waals surface area contributed by atoms with E-state index >= 15 is 0 Å². The maximum absolute atomic E-state index is 8.94. The highest BCUT2D eigenvalue weighted by atomic mass is 16.5. The van der Waals surface area contributed by atoms with E-state index in [1.165, 1.54) is 5.56 Å². The summed E-state index contributed by atoms with van der Waals surface area (Å²) in [5, 5.41) is 13.4. The first-order valence-electron chi connectivity index (χ1n) is 6.77. The minimum Gasteiger partial charge on any atom is -0.481 e. The minimum absolute atomic E-state index is 0.246. The van der Waals surface area contributed by atoms with Gasteiger partial charge in [-0.25, -0.2) is 4.68 Å². The Morgan fingerprint density at radius 2 is 1.84 bits per heavy atom. The normalized spacial score (nSPS) is 17.9. The molecule has 0 aliphatic carbocycles. The smallest absolute Gasteiger partial charge is 0.216 e. The highest BCUT2D eigenvalue weighted by molar-refractivity contribution is 5.30. The van der Waals surface area contributed by atoms with Crippen molar-refractivity contribution in [3.05, 3.63) is 11.3 Å². The van der Waals surface area contributed by atoms with Gasteiger partial charge in [0.1, 0.15) is 0 Å². The Morgan fingerprint density at radius 3 is 2.42 bits per heavy atom. The zero-order valence-electron chi connectivity index (χ0n) is 12.1. The lowest BCUT2D eigenvalue weighted by Gasteiger charge is -2.34. The number of hydrogen-bond acceptors (Lipinski definition) is 5. The largest absolute Gasteiger partial charge is 0.481 e. The molecule has 1 aliphatic rings. The highest BCUT2D eigenvalue weighted by Crippen LogP contribution is 2.23. The van der Waals surface area contributed by atoms with E-state index in [4.69, 9.17) is 9.84 Å². The fourth-order valence-electron chi connectivity index (χ4n) is 2.65. The van der Waals surface area contributed by atoms with Crippen LogP contribution in [0.1, 0.15) is 11.3 Å². The SMILES string of the molecule is COc1c(CN2CCN(CCO)CC2)c(C)nn1C. The van der Waals surface area contributed by atoms with Crippen LogP contribution in [0.2, 0.25) is 0 Å². The van der Waals surface area contributed by atoms with Gasteiger partial charge in [-0.1, -0.05) is 0 Å². The molecular formula is C13H24N4O2. The molecule has 0 saturated carbocycles. The Balaban J connectivity index is 1.96. The number of methoxy groups -OCH3 is 1. The topological polar surface area (TPSA) is 53.8 Å². The zero-order chi connectivity index (χ0) is 13.8. The molecule has 0 atom stereocenters. The average molecular weight is 268 g/mol. The summed E-state index contributed by atoms with van der Waals surface area (Å²) in [6, 6.07) is 0. The molecule has 1 saturated heterocycles. The summed E-state index contributed by atoms with van der Waals surface area (Å²) in [6.07, 6.45) is 0. The maximum atomic E-state index is 8.94. The molecule has 1 aromatic rings. The molecule has 1 aliphatic heterocycles. The number of piperazine rings is 1. The molecule has 6 heteroatoms. The van der Waals surface area contributed by atoms with E-state index in [2.05, 4.69) is 14.9 Å². The fourth-order valence-corrected chi connectivity index (χ4v) is 2.65. The monoisotopic (exact) mass is 268 g/mol. The Bertz CT molecular complexity index is 411. The average Bonchev–Trinajstić information content (AvgIpc) is 2.66. The molecule has 1 fully saturated rings. The van der Waals surface area contributed by atoms with Gasteiger partial charge < -0.3 is 9.84 Å². The molecule has 2 heterocycles. The van der Waals surface area contributed by atoms with Crippen LogP contribution in [0.25, 0.3) is 0 Å². The number of hydrogen-bond donors (Lipinski definition) is 1. The van der Waals surface area contributed by atoms with Crippen molar-refractivity contribution in [2.24, 2.45) is 7.05 Å². The van der Waals surface area contributed by atoms with Crippen LogP contribution in [0.4, 0.5) is 0 Å². The second kappa shape index (κ2) is 6.36.